The highest BCUT2D eigenvalue weighted by molar-refractivity contribution is 5.94. The monoisotopic (exact) mass is 322 g/mol. The molecule has 1 aromatic carbocycles. The zero-order chi connectivity index (χ0) is 16.0. The molecular formula is C17H20F2N2O2. The van der Waals surface area contributed by atoms with Gasteiger partial charge in [-0.05, 0) is 37.3 Å². The van der Waals surface area contributed by atoms with Gasteiger partial charge in [0.05, 0.1) is 18.3 Å². The highest BCUT2D eigenvalue weighted by atomic mass is 19.1. The van der Waals surface area contributed by atoms with E-state index >= 15 is 0 Å². The lowest BCUT2D eigenvalue weighted by Crippen LogP contribution is -2.47. The first-order valence-electron chi connectivity index (χ1n) is 8.21. The summed E-state index contributed by atoms with van der Waals surface area (Å²) in [5.41, 5.74) is -0.108. The molecule has 6 heteroatoms. The molecule has 3 aliphatic rings. The van der Waals surface area contributed by atoms with E-state index in [2.05, 4.69) is 10.2 Å². The van der Waals surface area contributed by atoms with Crippen LogP contribution in [0, 0.1) is 17.6 Å². The number of morpholine rings is 1. The Morgan fingerprint density at radius 3 is 2.83 bits per heavy atom. The number of hydrogen-bond acceptors (Lipinski definition) is 3. The molecule has 4 rings (SSSR count). The number of carbonyl (C=O) groups excluding carboxylic acids is 1. The van der Waals surface area contributed by atoms with Crippen molar-refractivity contribution in [3.8, 4) is 0 Å². The van der Waals surface area contributed by atoms with Crippen LogP contribution in [0.2, 0.25) is 0 Å². The van der Waals surface area contributed by atoms with Crippen molar-refractivity contribution in [3.05, 3.63) is 35.4 Å². The van der Waals surface area contributed by atoms with Crippen molar-refractivity contribution < 1.29 is 18.3 Å². The van der Waals surface area contributed by atoms with E-state index in [4.69, 9.17) is 4.74 Å². The van der Waals surface area contributed by atoms with Crippen LogP contribution < -0.4 is 5.32 Å². The summed E-state index contributed by atoms with van der Waals surface area (Å²) in [6, 6.07) is 3.34. The topological polar surface area (TPSA) is 41.6 Å². The van der Waals surface area contributed by atoms with Gasteiger partial charge in [0.1, 0.15) is 11.6 Å². The first-order chi connectivity index (χ1) is 11.1. The lowest BCUT2D eigenvalue weighted by Gasteiger charge is -2.35. The van der Waals surface area contributed by atoms with Crippen LogP contribution >= 0.6 is 0 Å². The van der Waals surface area contributed by atoms with E-state index in [9.17, 15) is 13.6 Å². The van der Waals surface area contributed by atoms with Crippen molar-refractivity contribution in [1.29, 1.82) is 0 Å². The quantitative estimate of drug-likeness (QED) is 0.925. The van der Waals surface area contributed by atoms with Crippen LogP contribution in [0.3, 0.4) is 0 Å². The third-order valence-electron chi connectivity index (χ3n) is 5.10. The van der Waals surface area contributed by atoms with E-state index in [1.54, 1.807) is 0 Å². The van der Waals surface area contributed by atoms with E-state index in [1.807, 2.05) is 0 Å². The Hall–Kier alpha value is -1.53. The molecule has 1 N–H and O–H groups in total. The van der Waals surface area contributed by atoms with Gasteiger partial charge >= 0.3 is 0 Å². The van der Waals surface area contributed by atoms with Crippen molar-refractivity contribution in [2.24, 2.45) is 5.92 Å². The molecule has 2 aliphatic heterocycles. The number of nitrogens with zero attached hydrogens (tertiary/aromatic N) is 1. The standard InChI is InChI=1S/C17H20F2N2O2/c18-11-3-4-14(15(19)5-11)17(22)20-12-6-13-9-23-16(10-1-2-10)8-21(13)7-12/h3-5,10,12-13,16H,1-2,6-9H2,(H,20,22)/t12-,13+,16+/m1/s1. The molecule has 1 aliphatic carbocycles. The fourth-order valence-electron chi connectivity index (χ4n) is 3.69. The molecule has 2 saturated heterocycles. The van der Waals surface area contributed by atoms with Gasteiger partial charge in [0.15, 0.2) is 0 Å². The fraction of sp³-hybridized carbons (Fsp3) is 0.588. The van der Waals surface area contributed by atoms with Crippen LogP contribution in [0.15, 0.2) is 18.2 Å². The van der Waals surface area contributed by atoms with E-state index in [0.29, 0.717) is 24.7 Å². The predicted octanol–water partition coefficient (Wildman–Crippen LogP) is 1.95. The molecule has 3 atom stereocenters. The summed E-state index contributed by atoms with van der Waals surface area (Å²) >= 11 is 0. The Morgan fingerprint density at radius 1 is 1.26 bits per heavy atom. The number of ether oxygens (including phenoxy) is 1. The van der Waals surface area contributed by atoms with Crippen LogP contribution in [0.1, 0.15) is 29.6 Å². The van der Waals surface area contributed by atoms with E-state index in [-0.39, 0.29) is 11.6 Å². The van der Waals surface area contributed by atoms with Gasteiger partial charge in [-0.1, -0.05) is 0 Å². The maximum atomic E-state index is 13.7. The number of hydrogen-bond donors (Lipinski definition) is 1. The smallest absolute Gasteiger partial charge is 0.254 e. The zero-order valence-corrected chi connectivity index (χ0v) is 12.8. The summed E-state index contributed by atoms with van der Waals surface area (Å²) < 4.78 is 32.5. The van der Waals surface area contributed by atoms with Crippen molar-refractivity contribution in [2.45, 2.75) is 37.5 Å². The highest BCUT2D eigenvalue weighted by Gasteiger charge is 2.42. The number of rotatable bonds is 3. The average molecular weight is 322 g/mol. The molecule has 1 saturated carbocycles. The molecule has 1 aromatic rings. The van der Waals surface area contributed by atoms with E-state index in [0.717, 1.165) is 31.6 Å². The summed E-state index contributed by atoms with van der Waals surface area (Å²) in [4.78, 5) is 14.6. The van der Waals surface area contributed by atoms with Gasteiger partial charge in [-0.2, -0.15) is 0 Å². The summed E-state index contributed by atoms with van der Waals surface area (Å²) in [6.45, 7) is 2.40. The molecular weight excluding hydrogens is 302 g/mol. The minimum atomic E-state index is -0.824. The molecule has 1 amide bonds. The Kier molecular flexibility index (Phi) is 3.81. The first-order valence-corrected chi connectivity index (χ1v) is 8.21. The van der Waals surface area contributed by atoms with Gasteiger partial charge in [0.25, 0.3) is 5.91 Å². The van der Waals surface area contributed by atoms with Gasteiger partial charge in [0, 0.05) is 31.2 Å². The number of halogens is 2. The summed E-state index contributed by atoms with van der Waals surface area (Å²) in [5.74, 6) is -1.28. The van der Waals surface area contributed by atoms with Gasteiger partial charge < -0.3 is 10.1 Å². The number of benzene rings is 1. The maximum absolute atomic E-state index is 13.7. The Bertz CT molecular complexity index is 621. The van der Waals surface area contributed by atoms with Gasteiger partial charge in [-0.15, -0.1) is 0 Å². The lowest BCUT2D eigenvalue weighted by molar-refractivity contribution is -0.0581. The number of amides is 1. The second-order valence-corrected chi connectivity index (χ2v) is 6.85. The van der Waals surface area contributed by atoms with Crippen molar-refractivity contribution in [3.63, 3.8) is 0 Å². The molecule has 0 aromatic heterocycles. The molecule has 2 heterocycles. The van der Waals surface area contributed by atoms with Gasteiger partial charge in [0.2, 0.25) is 0 Å². The highest BCUT2D eigenvalue weighted by Crippen LogP contribution is 2.37. The van der Waals surface area contributed by atoms with Gasteiger partial charge in [-0.3, -0.25) is 9.69 Å². The van der Waals surface area contributed by atoms with Crippen LogP contribution in [-0.2, 0) is 4.74 Å². The van der Waals surface area contributed by atoms with Gasteiger partial charge in [-0.25, -0.2) is 8.78 Å². The Balaban J connectivity index is 1.37. The normalized spacial score (nSPS) is 31.0. The van der Waals surface area contributed by atoms with Crippen molar-refractivity contribution >= 4 is 5.91 Å². The van der Waals surface area contributed by atoms with Crippen molar-refractivity contribution in [2.75, 3.05) is 19.7 Å². The van der Waals surface area contributed by atoms with E-state index < -0.39 is 17.5 Å². The SMILES string of the molecule is O=C(N[C@@H]1C[C@H]2CO[C@H](C3CC3)CN2C1)c1ccc(F)cc1F. The summed E-state index contributed by atoms with van der Waals surface area (Å²) in [7, 11) is 0. The molecule has 0 radical (unpaired) electrons. The third kappa shape index (κ3) is 3.10. The molecule has 0 bridgehead atoms. The van der Waals surface area contributed by atoms with Crippen LogP contribution in [-0.4, -0.2) is 48.7 Å². The van der Waals surface area contributed by atoms with Crippen LogP contribution in [0.4, 0.5) is 8.78 Å². The Labute approximate surface area is 133 Å². The number of carbonyl (C=O) groups is 1. The molecule has 3 fully saturated rings. The molecule has 4 nitrogen and oxygen atoms in total. The minimum absolute atomic E-state index is 0.0153. The average Bonchev–Trinajstić information content (AvgIpc) is 3.27. The predicted molar refractivity (Wildman–Crippen MR) is 80.1 cm³/mol. The largest absolute Gasteiger partial charge is 0.375 e. The zero-order valence-electron chi connectivity index (χ0n) is 12.8. The second kappa shape index (κ2) is 5.83. The maximum Gasteiger partial charge on any atom is 0.254 e. The Morgan fingerprint density at radius 2 is 2.09 bits per heavy atom. The molecule has 23 heavy (non-hydrogen) atoms. The number of nitrogens with one attached hydrogen (secondary N) is 1. The lowest BCUT2D eigenvalue weighted by atomic mass is 10.1. The molecule has 0 spiro atoms. The van der Waals surface area contributed by atoms with Crippen LogP contribution in [0.5, 0.6) is 0 Å². The third-order valence-corrected chi connectivity index (χ3v) is 5.10. The minimum Gasteiger partial charge on any atom is -0.375 e. The molecule has 124 valence electrons. The first kappa shape index (κ1) is 15.0. The number of fused-ring (bicyclic) bond motifs is 1. The fourth-order valence-corrected chi connectivity index (χ4v) is 3.69. The molecule has 0 unspecified atom stereocenters. The van der Waals surface area contributed by atoms with Crippen molar-refractivity contribution in [1.82, 2.24) is 10.2 Å². The summed E-state index contributed by atoms with van der Waals surface area (Å²) in [6.07, 6.45) is 3.65. The van der Waals surface area contributed by atoms with E-state index in [1.165, 1.54) is 18.9 Å². The second-order valence-electron chi connectivity index (χ2n) is 6.85. The van der Waals surface area contributed by atoms with Crippen LogP contribution in [0.25, 0.3) is 0 Å². The summed E-state index contributed by atoms with van der Waals surface area (Å²) in [5, 5.41) is 2.87.